The van der Waals surface area contributed by atoms with E-state index in [-0.39, 0.29) is 0 Å². The lowest BCUT2D eigenvalue weighted by atomic mass is 10.2. The summed E-state index contributed by atoms with van der Waals surface area (Å²) in [4.78, 5) is 2.22. The molecule has 0 N–H and O–H groups in total. The molecule has 0 bridgehead atoms. The third kappa shape index (κ3) is 1.96. The highest BCUT2D eigenvalue weighted by Gasteiger charge is 2.08. The second-order valence-corrected chi connectivity index (χ2v) is 3.32. The molecule has 1 aliphatic rings. The molecular weight excluding hydrogens is 202 g/mol. The second-order valence-electron chi connectivity index (χ2n) is 2.57. The molecule has 11 heavy (non-hydrogen) atoms. The van der Waals surface area contributed by atoms with Crippen molar-refractivity contribution < 1.29 is 0 Å². The minimum atomic E-state index is 0.905. The largest absolute Gasteiger partial charge is 0.358 e. The normalized spacial score (nSPS) is 17.5. The van der Waals surface area contributed by atoms with Crippen LogP contribution in [0.4, 0.5) is 0 Å². The van der Waals surface area contributed by atoms with Gasteiger partial charge in [-0.3, -0.25) is 0 Å². The van der Waals surface area contributed by atoms with Crippen LogP contribution in [0.5, 0.6) is 0 Å². The topological polar surface area (TPSA) is 3.24 Å². The smallest absolute Gasteiger partial charge is 0.0841 e. The maximum Gasteiger partial charge on any atom is 0.0841 e. The van der Waals surface area contributed by atoms with E-state index < -0.39 is 0 Å². The molecule has 1 heterocycles. The summed E-state index contributed by atoms with van der Waals surface area (Å²) in [6.07, 6.45) is 6.20. The van der Waals surface area contributed by atoms with Crippen LogP contribution in [0, 0.1) is 0 Å². The number of hydrogen-bond donors (Lipinski definition) is 0. The van der Waals surface area contributed by atoms with E-state index in [9.17, 15) is 0 Å². The van der Waals surface area contributed by atoms with E-state index >= 15 is 0 Å². The Morgan fingerprint density at radius 3 is 3.18 bits per heavy atom. The molecule has 0 aliphatic carbocycles. The van der Waals surface area contributed by atoms with Gasteiger partial charge in [-0.1, -0.05) is 18.2 Å². The second kappa shape index (κ2) is 3.77. The summed E-state index contributed by atoms with van der Waals surface area (Å²) >= 11 is 3.53. The number of allylic oxidation sites excluding steroid dienone is 2. The molecule has 0 saturated carbocycles. The average Bonchev–Trinajstić information content (AvgIpc) is 1.99. The Bertz CT molecular complexity index is 214. The Hall–Kier alpha value is -0.500. The molecule has 0 atom stereocenters. The fraction of sp³-hybridized carbons (Fsp3) is 0.333. The molecule has 0 aromatic carbocycles. The van der Waals surface area contributed by atoms with Gasteiger partial charge in [0.1, 0.15) is 0 Å². The molecule has 0 radical (unpaired) electrons. The van der Waals surface area contributed by atoms with Crippen molar-refractivity contribution >= 4 is 15.9 Å². The van der Waals surface area contributed by atoms with Crippen molar-refractivity contribution in [3.8, 4) is 0 Å². The molecule has 0 aromatic heterocycles. The van der Waals surface area contributed by atoms with E-state index in [2.05, 4.69) is 46.5 Å². The molecule has 1 rings (SSSR count). The first-order chi connectivity index (χ1) is 5.25. The Morgan fingerprint density at radius 1 is 1.82 bits per heavy atom. The number of rotatable bonds is 2. The van der Waals surface area contributed by atoms with E-state index in [0.717, 1.165) is 13.1 Å². The standard InChI is InChI=1S/C9H12BrN/c1-3-6-11-7-4-5-8(2)9(11)10/h3-5H,1,6-7H2,2H3. The molecule has 60 valence electrons. The molecule has 0 spiro atoms. The Balaban J connectivity index is 2.72. The van der Waals surface area contributed by atoms with Gasteiger partial charge < -0.3 is 4.90 Å². The lowest BCUT2D eigenvalue weighted by molar-refractivity contribution is 0.445. The fourth-order valence-electron chi connectivity index (χ4n) is 1.07. The first-order valence-electron chi connectivity index (χ1n) is 3.64. The van der Waals surface area contributed by atoms with Crippen LogP contribution in [0.25, 0.3) is 0 Å². The van der Waals surface area contributed by atoms with Crippen molar-refractivity contribution in [2.75, 3.05) is 13.1 Å². The van der Waals surface area contributed by atoms with Crippen LogP contribution in [0.1, 0.15) is 6.92 Å². The first-order valence-corrected chi connectivity index (χ1v) is 4.43. The molecule has 0 fully saturated rings. The third-order valence-electron chi connectivity index (χ3n) is 1.65. The van der Waals surface area contributed by atoms with Crippen molar-refractivity contribution in [3.05, 3.63) is 35.0 Å². The zero-order chi connectivity index (χ0) is 8.27. The number of halogens is 1. The van der Waals surface area contributed by atoms with Gasteiger partial charge in [0.25, 0.3) is 0 Å². The van der Waals surface area contributed by atoms with Crippen LogP contribution >= 0.6 is 15.9 Å². The van der Waals surface area contributed by atoms with Crippen molar-refractivity contribution in [2.45, 2.75) is 6.92 Å². The molecule has 1 aliphatic heterocycles. The zero-order valence-electron chi connectivity index (χ0n) is 6.68. The van der Waals surface area contributed by atoms with E-state index in [1.54, 1.807) is 0 Å². The van der Waals surface area contributed by atoms with Gasteiger partial charge >= 0.3 is 0 Å². The van der Waals surface area contributed by atoms with E-state index in [0.29, 0.717) is 0 Å². The average molecular weight is 214 g/mol. The van der Waals surface area contributed by atoms with Crippen LogP contribution in [0.15, 0.2) is 35.0 Å². The summed E-state index contributed by atoms with van der Waals surface area (Å²) < 4.78 is 1.18. The van der Waals surface area contributed by atoms with Crippen molar-refractivity contribution in [1.29, 1.82) is 0 Å². The van der Waals surface area contributed by atoms with Crippen molar-refractivity contribution in [1.82, 2.24) is 4.90 Å². The number of nitrogens with zero attached hydrogens (tertiary/aromatic N) is 1. The van der Waals surface area contributed by atoms with Gasteiger partial charge in [0.05, 0.1) is 4.61 Å². The Morgan fingerprint density at radius 2 is 2.55 bits per heavy atom. The molecule has 0 aromatic rings. The summed E-state index contributed by atoms with van der Waals surface area (Å²) in [5.74, 6) is 0. The van der Waals surface area contributed by atoms with Gasteiger partial charge in [-0.25, -0.2) is 0 Å². The van der Waals surface area contributed by atoms with Crippen LogP contribution < -0.4 is 0 Å². The summed E-state index contributed by atoms with van der Waals surface area (Å²) in [5.41, 5.74) is 1.28. The highest BCUT2D eigenvalue weighted by atomic mass is 79.9. The quantitative estimate of drug-likeness (QED) is 0.504. The fourth-order valence-corrected chi connectivity index (χ4v) is 1.49. The molecule has 0 unspecified atom stereocenters. The van der Waals surface area contributed by atoms with Crippen LogP contribution in [0.2, 0.25) is 0 Å². The summed E-state index contributed by atoms with van der Waals surface area (Å²) in [5, 5.41) is 0. The van der Waals surface area contributed by atoms with Gasteiger partial charge in [0.2, 0.25) is 0 Å². The predicted molar refractivity (Wildman–Crippen MR) is 52.5 cm³/mol. The van der Waals surface area contributed by atoms with Crippen molar-refractivity contribution in [2.24, 2.45) is 0 Å². The maximum atomic E-state index is 3.71. The maximum absolute atomic E-state index is 3.71. The highest BCUT2D eigenvalue weighted by molar-refractivity contribution is 9.11. The molecule has 2 heteroatoms. The van der Waals surface area contributed by atoms with E-state index in [1.807, 2.05) is 6.08 Å². The summed E-state index contributed by atoms with van der Waals surface area (Å²) in [6, 6.07) is 0. The van der Waals surface area contributed by atoms with Gasteiger partial charge in [0, 0.05) is 13.1 Å². The summed E-state index contributed by atoms with van der Waals surface area (Å²) in [6.45, 7) is 7.68. The van der Waals surface area contributed by atoms with E-state index in [4.69, 9.17) is 0 Å². The lowest BCUT2D eigenvalue weighted by Gasteiger charge is -2.24. The Kier molecular flexibility index (Phi) is 2.94. The van der Waals surface area contributed by atoms with Crippen molar-refractivity contribution in [3.63, 3.8) is 0 Å². The molecule has 0 amide bonds. The van der Waals surface area contributed by atoms with Crippen LogP contribution in [0.3, 0.4) is 0 Å². The SMILES string of the molecule is C=CCN1CC=CC(C)=C1Br. The first kappa shape index (κ1) is 8.60. The highest BCUT2D eigenvalue weighted by Crippen LogP contribution is 2.21. The lowest BCUT2D eigenvalue weighted by Crippen LogP contribution is -2.23. The van der Waals surface area contributed by atoms with Crippen LogP contribution in [-0.2, 0) is 0 Å². The monoisotopic (exact) mass is 213 g/mol. The zero-order valence-corrected chi connectivity index (χ0v) is 8.26. The predicted octanol–water partition coefficient (Wildman–Crippen LogP) is 2.67. The Labute approximate surface area is 76.2 Å². The minimum Gasteiger partial charge on any atom is -0.358 e. The number of hydrogen-bond acceptors (Lipinski definition) is 1. The van der Waals surface area contributed by atoms with Gasteiger partial charge in [-0.2, -0.15) is 0 Å². The third-order valence-corrected chi connectivity index (χ3v) is 2.77. The van der Waals surface area contributed by atoms with Gasteiger partial charge in [0.15, 0.2) is 0 Å². The summed E-state index contributed by atoms with van der Waals surface area (Å²) in [7, 11) is 0. The molecule has 1 nitrogen and oxygen atoms in total. The minimum absolute atomic E-state index is 0.905. The van der Waals surface area contributed by atoms with E-state index in [1.165, 1.54) is 10.2 Å². The molecule has 0 saturated heterocycles. The van der Waals surface area contributed by atoms with Gasteiger partial charge in [-0.05, 0) is 28.4 Å². The molecular formula is C9H12BrN. The van der Waals surface area contributed by atoms with Crippen LogP contribution in [-0.4, -0.2) is 18.0 Å². The van der Waals surface area contributed by atoms with Gasteiger partial charge in [-0.15, -0.1) is 6.58 Å².